The van der Waals surface area contributed by atoms with Crippen molar-refractivity contribution in [2.75, 3.05) is 26.3 Å². The molecule has 0 aromatic heterocycles. The van der Waals surface area contributed by atoms with E-state index < -0.39 is 29.7 Å². The first kappa shape index (κ1) is 16.6. The fourth-order valence-corrected chi connectivity index (χ4v) is 2.65. The number of urea groups is 1. The SMILES string of the molecule is O=C1NCCN(C(=O)NC2COC2)C1c1ccc(C(F)(F)F)cc1. The van der Waals surface area contributed by atoms with E-state index in [0.717, 1.165) is 12.1 Å². The number of hydrogen-bond donors (Lipinski definition) is 2. The third-order valence-electron chi connectivity index (χ3n) is 3.99. The molecule has 2 heterocycles. The second-order valence-corrected chi connectivity index (χ2v) is 5.69. The normalized spacial score (nSPS) is 21.9. The molecule has 0 radical (unpaired) electrons. The third-order valence-corrected chi connectivity index (χ3v) is 3.99. The van der Waals surface area contributed by atoms with Crippen LogP contribution in [0.2, 0.25) is 0 Å². The first-order valence-electron chi connectivity index (χ1n) is 7.46. The molecule has 2 fully saturated rings. The van der Waals surface area contributed by atoms with Crippen molar-refractivity contribution in [3.8, 4) is 0 Å². The molecule has 130 valence electrons. The van der Waals surface area contributed by atoms with E-state index in [4.69, 9.17) is 4.74 Å². The molecule has 3 amide bonds. The van der Waals surface area contributed by atoms with Crippen LogP contribution in [0.1, 0.15) is 17.2 Å². The highest BCUT2D eigenvalue weighted by Gasteiger charge is 2.37. The summed E-state index contributed by atoms with van der Waals surface area (Å²) in [6.45, 7) is 1.40. The predicted octanol–water partition coefficient (Wildman–Crippen LogP) is 1.29. The van der Waals surface area contributed by atoms with Crippen molar-refractivity contribution in [2.24, 2.45) is 0 Å². The Morgan fingerprint density at radius 3 is 2.46 bits per heavy atom. The van der Waals surface area contributed by atoms with Gasteiger partial charge in [0.25, 0.3) is 0 Å². The third kappa shape index (κ3) is 3.30. The van der Waals surface area contributed by atoms with Gasteiger partial charge in [-0.2, -0.15) is 13.2 Å². The molecule has 2 saturated heterocycles. The van der Waals surface area contributed by atoms with Crippen molar-refractivity contribution in [2.45, 2.75) is 18.3 Å². The minimum Gasteiger partial charge on any atom is -0.377 e. The number of rotatable bonds is 2. The summed E-state index contributed by atoms with van der Waals surface area (Å²) < 4.78 is 43.0. The van der Waals surface area contributed by atoms with E-state index in [-0.39, 0.29) is 12.6 Å². The molecule has 1 atom stereocenters. The van der Waals surface area contributed by atoms with E-state index >= 15 is 0 Å². The number of benzene rings is 1. The lowest BCUT2D eigenvalue weighted by Gasteiger charge is -2.37. The van der Waals surface area contributed by atoms with E-state index in [9.17, 15) is 22.8 Å². The van der Waals surface area contributed by atoms with Gasteiger partial charge in [0.2, 0.25) is 5.91 Å². The van der Waals surface area contributed by atoms with E-state index in [1.165, 1.54) is 17.0 Å². The van der Waals surface area contributed by atoms with Gasteiger partial charge >= 0.3 is 12.2 Å². The number of amides is 3. The van der Waals surface area contributed by atoms with Crippen molar-refractivity contribution >= 4 is 11.9 Å². The quantitative estimate of drug-likeness (QED) is 0.850. The van der Waals surface area contributed by atoms with Gasteiger partial charge in [-0.25, -0.2) is 4.79 Å². The highest BCUT2D eigenvalue weighted by molar-refractivity contribution is 5.89. The van der Waals surface area contributed by atoms with Crippen LogP contribution in [0.4, 0.5) is 18.0 Å². The Hall–Kier alpha value is -2.29. The smallest absolute Gasteiger partial charge is 0.377 e. The summed E-state index contributed by atoms with van der Waals surface area (Å²) in [6.07, 6.45) is -4.45. The van der Waals surface area contributed by atoms with Crippen LogP contribution in [0.25, 0.3) is 0 Å². The van der Waals surface area contributed by atoms with Crippen molar-refractivity contribution in [1.82, 2.24) is 15.5 Å². The van der Waals surface area contributed by atoms with Gasteiger partial charge in [-0.1, -0.05) is 12.1 Å². The number of hydrogen-bond acceptors (Lipinski definition) is 3. The lowest BCUT2D eigenvalue weighted by Crippen LogP contribution is -2.58. The maximum absolute atomic E-state index is 12.7. The molecule has 6 nitrogen and oxygen atoms in total. The van der Waals surface area contributed by atoms with Gasteiger partial charge in [-0.05, 0) is 17.7 Å². The second-order valence-electron chi connectivity index (χ2n) is 5.69. The molecule has 3 rings (SSSR count). The van der Waals surface area contributed by atoms with Crippen LogP contribution in [0.15, 0.2) is 24.3 Å². The van der Waals surface area contributed by atoms with Gasteiger partial charge in [0.1, 0.15) is 6.04 Å². The Kier molecular flexibility index (Phi) is 4.35. The van der Waals surface area contributed by atoms with Gasteiger partial charge in [-0.15, -0.1) is 0 Å². The fraction of sp³-hybridized carbons (Fsp3) is 0.467. The van der Waals surface area contributed by atoms with Gasteiger partial charge in [0, 0.05) is 13.1 Å². The summed E-state index contributed by atoms with van der Waals surface area (Å²) in [5.74, 6) is -0.416. The zero-order chi connectivity index (χ0) is 17.3. The average molecular weight is 343 g/mol. The molecule has 1 unspecified atom stereocenters. The maximum atomic E-state index is 12.7. The Morgan fingerprint density at radius 2 is 1.92 bits per heavy atom. The van der Waals surface area contributed by atoms with Crippen molar-refractivity contribution in [3.63, 3.8) is 0 Å². The molecular formula is C15H16F3N3O3. The zero-order valence-electron chi connectivity index (χ0n) is 12.6. The first-order chi connectivity index (χ1) is 11.4. The second kappa shape index (κ2) is 6.31. The number of piperazine rings is 1. The number of nitrogens with one attached hydrogen (secondary N) is 2. The zero-order valence-corrected chi connectivity index (χ0v) is 12.6. The van der Waals surface area contributed by atoms with E-state index in [1.54, 1.807) is 0 Å². The Bertz CT molecular complexity index is 629. The standard InChI is InChI=1S/C15H16F3N3O3/c16-15(17,18)10-3-1-9(2-4-10)12-13(22)19-5-6-21(12)14(23)20-11-7-24-8-11/h1-4,11-12H,5-8H2,(H,19,22)(H,20,23). The lowest BCUT2D eigenvalue weighted by molar-refractivity contribution is -0.137. The molecule has 2 aliphatic rings. The fourth-order valence-electron chi connectivity index (χ4n) is 2.65. The average Bonchev–Trinajstić information content (AvgIpc) is 2.50. The van der Waals surface area contributed by atoms with E-state index in [1.807, 2.05) is 0 Å². The van der Waals surface area contributed by atoms with Gasteiger partial charge in [-0.3, -0.25) is 4.79 Å². The molecule has 1 aromatic carbocycles. The number of ether oxygens (including phenoxy) is 1. The molecule has 24 heavy (non-hydrogen) atoms. The Labute approximate surface area is 135 Å². The molecule has 1 aromatic rings. The van der Waals surface area contributed by atoms with Crippen LogP contribution >= 0.6 is 0 Å². The predicted molar refractivity (Wildman–Crippen MR) is 77.0 cm³/mol. The van der Waals surface area contributed by atoms with Crippen LogP contribution in [0.3, 0.4) is 0 Å². The number of halogens is 3. The highest BCUT2D eigenvalue weighted by atomic mass is 19.4. The van der Waals surface area contributed by atoms with Crippen LogP contribution in [-0.2, 0) is 15.7 Å². The minimum absolute atomic E-state index is 0.101. The van der Waals surface area contributed by atoms with Crippen molar-refractivity contribution < 1.29 is 27.5 Å². The number of nitrogens with zero attached hydrogens (tertiary/aromatic N) is 1. The molecular weight excluding hydrogens is 327 g/mol. The molecule has 9 heteroatoms. The highest BCUT2D eigenvalue weighted by Crippen LogP contribution is 2.31. The maximum Gasteiger partial charge on any atom is 0.416 e. The monoisotopic (exact) mass is 343 g/mol. The van der Waals surface area contributed by atoms with Crippen molar-refractivity contribution in [1.29, 1.82) is 0 Å². The van der Waals surface area contributed by atoms with E-state index in [2.05, 4.69) is 10.6 Å². The van der Waals surface area contributed by atoms with Crippen LogP contribution in [0.5, 0.6) is 0 Å². The molecule has 0 spiro atoms. The number of alkyl halides is 3. The summed E-state index contributed by atoms with van der Waals surface area (Å²) in [7, 11) is 0. The molecule has 0 bridgehead atoms. The van der Waals surface area contributed by atoms with Crippen molar-refractivity contribution in [3.05, 3.63) is 35.4 Å². The van der Waals surface area contributed by atoms with Gasteiger partial charge in [0.05, 0.1) is 24.8 Å². The number of carbonyl (C=O) groups excluding carboxylic acids is 2. The van der Waals surface area contributed by atoms with Gasteiger partial charge < -0.3 is 20.3 Å². The van der Waals surface area contributed by atoms with Crippen LogP contribution in [0, 0.1) is 0 Å². The van der Waals surface area contributed by atoms with Crippen LogP contribution in [-0.4, -0.2) is 49.2 Å². The molecule has 2 N–H and O–H groups in total. The first-order valence-corrected chi connectivity index (χ1v) is 7.46. The summed E-state index contributed by atoms with van der Waals surface area (Å²) >= 11 is 0. The lowest BCUT2D eigenvalue weighted by atomic mass is 10.0. The van der Waals surface area contributed by atoms with Gasteiger partial charge in [0.15, 0.2) is 0 Å². The molecule has 0 aliphatic carbocycles. The Balaban J connectivity index is 1.81. The summed E-state index contributed by atoms with van der Waals surface area (Å²) in [6, 6.07) is 2.79. The summed E-state index contributed by atoms with van der Waals surface area (Å²) in [5, 5.41) is 5.38. The number of carbonyl (C=O) groups is 2. The largest absolute Gasteiger partial charge is 0.416 e. The Morgan fingerprint density at radius 1 is 1.25 bits per heavy atom. The topological polar surface area (TPSA) is 70.7 Å². The summed E-state index contributed by atoms with van der Waals surface area (Å²) in [4.78, 5) is 25.9. The molecule has 2 aliphatic heterocycles. The van der Waals surface area contributed by atoms with E-state index in [0.29, 0.717) is 25.3 Å². The minimum atomic E-state index is -4.45. The molecule has 0 saturated carbocycles. The summed E-state index contributed by atoms with van der Waals surface area (Å²) in [5.41, 5.74) is -0.467. The van der Waals surface area contributed by atoms with Crippen LogP contribution < -0.4 is 10.6 Å².